The van der Waals surface area contributed by atoms with Crippen molar-refractivity contribution in [2.45, 2.75) is 26.7 Å². The molecule has 0 unspecified atom stereocenters. The first-order chi connectivity index (χ1) is 9.04. The molecule has 0 saturated heterocycles. The van der Waals surface area contributed by atoms with Gasteiger partial charge in [-0.3, -0.25) is 0 Å². The van der Waals surface area contributed by atoms with Gasteiger partial charge in [0.1, 0.15) is 0 Å². The van der Waals surface area contributed by atoms with Crippen LogP contribution in [0, 0.1) is 6.92 Å². The van der Waals surface area contributed by atoms with Crippen molar-refractivity contribution in [1.29, 1.82) is 0 Å². The topological polar surface area (TPSA) is 54.5 Å². The first-order valence-electron chi connectivity index (χ1n) is 6.57. The fourth-order valence-corrected chi connectivity index (χ4v) is 2.44. The Morgan fingerprint density at radius 3 is 2.79 bits per heavy atom. The monoisotopic (exact) mass is 285 g/mol. The summed E-state index contributed by atoms with van der Waals surface area (Å²) in [7, 11) is 4.15. The van der Waals surface area contributed by atoms with E-state index in [1.807, 2.05) is 6.92 Å². The van der Waals surface area contributed by atoms with Gasteiger partial charge in [-0.1, -0.05) is 0 Å². The number of thiazole rings is 1. The molecule has 0 aliphatic rings. The third-order valence-electron chi connectivity index (χ3n) is 2.57. The molecule has 0 fully saturated rings. The molecule has 1 N–H and O–H groups in total. The molecule has 0 amide bonds. The Bertz CT molecular complexity index is 405. The predicted molar refractivity (Wildman–Crippen MR) is 79.1 cm³/mol. The summed E-state index contributed by atoms with van der Waals surface area (Å²) < 4.78 is 4.96. The molecule has 0 atom stereocenters. The molecule has 6 heteroatoms. The average molecular weight is 285 g/mol. The molecule has 0 bridgehead atoms. The average Bonchev–Trinajstić information content (AvgIpc) is 2.70. The second-order valence-electron chi connectivity index (χ2n) is 4.58. The maximum atomic E-state index is 11.6. The van der Waals surface area contributed by atoms with Crippen LogP contribution in [-0.4, -0.2) is 49.6 Å². The summed E-state index contributed by atoms with van der Waals surface area (Å²) >= 11 is 1.50. The van der Waals surface area contributed by atoms with Crippen LogP contribution in [0.3, 0.4) is 0 Å². The molecule has 1 aromatic rings. The summed E-state index contributed by atoms with van der Waals surface area (Å²) in [5.41, 5.74) is 0.433. The molecular weight excluding hydrogens is 262 g/mol. The van der Waals surface area contributed by atoms with Crippen LogP contribution in [0.25, 0.3) is 0 Å². The third-order valence-corrected chi connectivity index (χ3v) is 3.50. The molecule has 0 saturated carbocycles. The second kappa shape index (κ2) is 8.12. The van der Waals surface area contributed by atoms with Crippen LogP contribution in [0.4, 0.5) is 5.13 Å². The van der Waals surface area contributed by atoms with Crippen LogP contribution < -0.4 is 5.32 Å². The molecule has 0 aromatic carbocycles. The number of nitrogens with zero attached hydrogens (tertiary/aromatic N) is 2. The number of nitrogens with one attached hydrogen (secondary N) is 1. The number of unbranched alkanes of at least 4 members (excludes halogenated alkanes) is 1. The third kappa shape index (κ3) is 5.57. The van der Waals surface area contributed by atoms with Gasteiger partial charge in [0.25, 0.3) is 0 Å². The van der Waals surface area contributed by atoms with Crippen molar-refractivity contribution in [3.63, 3.8) is 0 Å². The highest BCUT2D eigenvalue weighted by Gasteiger charge is 2.15. The van der Waals surface area contributed by atoms with E-state index in [-0.39, 0.29) is 5.97 Å². The summed E-state index contributed by atoms with van der Waals surface area (Å²) in [4.78, 5) is 19.0. The standard InChI is InChI=1S/C13H23N3O2S/c1-5-18-12(17)11-10(2)19-13(15-11)14-8-6-7-9-16(3)4/h5-9H2,1-4H3,(H,14,15). The smallest absolute Gasteiger partial charge is 0.358 e. The molecule has 0 aliphatic heterocycles. The highest BCUT2D eigenvalue weighted by Crippen LogP contribution is 2.22. The van der Waals surface area contributed by atoms with Crippen LogP contribution in [0.2, 0.25) is 0 Å². The largest absolute Gasteiger partial charge is 0.461 e. The molecule has 0 aliphatic carbocycles. The number of ether oxygens (including phenoxy) is 1. The quantitative estimate of drug-likeness (QED) is 0.587. The molecule has 1 heterocycles. The summed E-state index contributed by atoms with van der Waals surface area (Å²) in [5.74, 6) is -0.336. The van der Waals surface area contributed by atoms with Crippen LogP contribution in [0.5, 0.6) is 0 Å². The number of esters is 1. The minimum atomic E-state index is -0.336. The van der Waals surface area contributed by atoms with Gasteiger partial charge >= 0.3 is 5.97 Å². The van der Waals surface area contributed by atoms with E-state index in [9.17, 15) is 4.79 Å². The van der Waals surface area contributed by atoms with Crippen LogP contribution >= 0.6 is 11.3 Å². The number of carbonyl (C=O) groups is 1. The fraction of sp³-hybridized carbons (Fsp3) is 0.692. The van der Waals surface area contributed by atoms with E-state index >= 15 is 0 Å². The predicted octanol–water partition coefficient (Wildman–Crippen LogP) is 2.38. The van der Waals surface area contributed by atoms with Gasteiger partial charge in [0, 0.05) is 11.4 Å². The number of carbonyl (C=O) groups excluding carboxylic acids is 1. The molecule has 108 valence electrons. The molecular formula is C13H23N3O2S. The van der Waals surface area contributed by atoms with Gasteiger partial charge in [-0.05, 0) is 47.3 Å². The van der Waals surface area contributed by atoms with E-state index in [0.717, 1.165) is 35.9 Å². The Morgan fingerprint density at radius 1 is 1.42 bits per heavy atom. The van der Waals surface area contributed by atoms with Crippen molar-refractivity contribution >= 4 is 22.4 Å². The summed E-state index contributed by atoms with van der Waals surface area (Å²) in [5, 5.41) is 4.05. The van der Waals surface area contributed by atoms with E-state index in [0.29, 0.717) is 12.3 Å². The lowest BCUT2D eigenvalue weighted by atomic mass is 10.3. The lowest BCUT2D eigenvalue weighted by molar-refractivity contribution is 0.0519. The van der Waals surface area contributed by atoms with Gasteiger partial charge in [-0.15, -0.1) is 11.3 Å². The fourth-order valence-electron chi connectivity index (χ4n) is 1.61. The van der Waals surface area contributed by atoms with Crippen molar-refractivity contribution in [3.8, 4) is 0 Å². The molecule has 19 heavy (non-hydrogen) atoms. The number of rotatable bonds is 8. The zero-order valence-electron chi connectivity index (χ0n) is 12.2. The molecule has 0 spiro atoms. The van der Waals surface area contributed by atoms with E-state index in [1.54, 1.807) is 6.92 Å². The Balaban J connectivity index is 2.39. The van der Waals surface area contributed by atoms with Crippen molar-refractivity contribution in [1.82, 2.24) is 9.88 Å². The number of hydrogen-bond acceptors (Lipinski definition) is 6. The summed E-state index contributed by atoms with van der Waals surface area (Å²) in [6.45, 7) is 6.03. The minimum absolute atomic E-state index is 0.336. The normalized spacial score (nSPS) is 10.8. The van der Waals surface area contributed by atoms with E-state index in [1.165, 1.54) is 11.3 Å². The second-order valence-corrected chi connectivity index (χ2v) is 5.78. The van der Waals surface area contributed by atoms with Gasteiger partial charge in [0.15, 0.2) is 10.8 Å². The first-order valence-corrected chi connectivity index (χ1v) is 7.39. The highest BCUT2D eigenvalue weighted by atomic mass is 32.1. The lowest BCUT2D eigenvalue weighted by Gasteiger charge is -2.08. The number of hydrogen-bond donors (Lipinski definition) is 1. The van der Waals surface area contributed by atoms with Gasteiger partial charge in [-0.2, -0.15) is 0 Å². The van der Waals surface area contributed by atoms with Gasteiger partial charge in [0.2, 0.25) is 0 Å². The zero-order chi connectivity index (χ0) is 14.3. The number of aryl methyl sites for hydroxylation is 1. The minimum Gasteiger partial charge on any atom is -0.461 e. The van der Waals surface area contributed by atoms with Crippen molar-refractivity contribution < 1.29 is 9.53 Å². The molecule has 1 aromatic heterocycles. The van der Waals surface area contributed by atoms with Crippen LogP contribution in [-0.2, 0) is 4.74 Å². The van der Waals surface area contributed by atoms with E-state index in [2.05, 4.69) is 29.3 Å². The lowest BCUT2D eigenvalue weighted by Crippen LogP contribution is -2.14. The zero-order valence-corrected chi connectivity index (χ0v) is 13.0. The number of anilines is 1. The molecule has 1 rings (SSSR count). The van der Waals surface area contributed by atoms with Crippen LogP contribution in [0.15, 0.2) is 0 Å². The summed E-state index contributed by atoms with van der Waals surface area (Å²) in [6.07, 6.45) is 2.24. The van der Waals surface area contributed by atoms with Gasteiger partial charge < -0.3 is 15.0 Å². The Labute approximate surface area is 119 Å². The van der Waals surface area contributed by atoms with Crippen LogP contribution in [0.1, 0.15) is 35.1 Å². The van der Waals surface area contributed by atoms with Crippen molar-refractivity contribution in [2.75, 3.05) is 39.1 Å². The maximum Gasteiger partial charge on any atom is 0.358 e. The molecule has 0 radical (unpaired) electrons. The van der Waals surface area contributed by atoms with Gasteiger partial charge in [0.05, 0.1) is 6.61 Å². The van der Waals surface area contributed by atoms with Gasteiger partial charge in [-0.25, -0.2) is 9.78 Å². The van der Waals surface area contributed by atoms with E-state index in [4.69, 9.17) is 4.74 Å². The number of aromatic nitrogens is 1. The Kier molecular flexibility index (Phi) is 6.80. The van der Waals surface area contributed by atoms with E-state index < -0.39 is 0 Å². The Morgan fingerprint density at radius 2 is 2.16 bits per heavy atom. The first kappa shape index (κ1) is 15.9. The van der Waals surface area contributed by atoms with Crippen molar-refractivity contribution in [2.24, 2.45) is 0 Å². The highest BCUT2D eigenvalue weighted by molar-refractivity contribution is 7.15. The SMILES string of the molecule is CCOC(=O)c1nc(NCCCCN(C)C)sc1C. The molecule has 5 nitrogen and oxygen atoms in total. The summed E-state index contributed by atoms with van der Waals surface area (Å²) in [6, 6.07) is 0. The van der Waals surface area contributed by atoms with Crippen molar-refractivity contribution in [3.05, 3.63) is 10.6 Å². The maximum absolute atomic E-state index is 11.6. The Hall–Kier alpha value is -1.14.